The standard InChI is InChI=1S/C17H29NO3/c1-4-11-18-17(10-12-20-14-13-19-3)15-6-8-16(9-7-15)21-5-2/h6-9,17-18H,4-5,10-14H2,1-3H3. The second-order valence-corrected chi connectivity index (χ2v) is 4.90. The fraction of sp³-hybridized carbons (Fsp3) is 0.647. The molecular weight excluding hydrogens is 266 g/mol. The molecule has 0 saturated carbocycles. The van der Waals surface area contributed by atoms with Gasteiger partial charge in [-0.1, -0.05) is 19.1 Å². The van der Waals surface area contributed by atoms with Crippen LogP contribution in [0.3, 0.4) is 0 Å². The normalized spacial score (nSPS) is 12.3. The Morgan fingerprint density at radius 1 is 1.05 bits per heavy atom. The van der Waals surface area contributed by atoms with Crippen LogP contribution in [0.5, 0.6) is 5.75 Å². The quantitative estimate of drug-likeness (QED) is 0.601. The molecule has 0 aliphatic carbocycles. The Morgan fingerprint density at radius 2 is 1.81 bits per heavy atom. The lowest BCUT2D eigenvalue weighted by Crippen LogP contribution is -2.23. The molecule has 0 heterocycles. The summed E-state index contributed by atoms with van der Waals surface area (Å²) in [4.78, 5) is 0. The maximum atomic E-state index is 5.58. The lowest BCUT2D eigenvalue weighted by Gasteiger charge is -2.19. The average Bonchev–Trinajstić information content (AvgIpc) is 2.51. The van der Waals surface area contributed by atoms with E-state index in [0.717, 1.165) is 31.7 Å². The van der Waals surface area contributed by atoms with Gasteiger partial charge in [0.25, 0.3) is 0 Å². The molecule has 0 saturated heterocycles. The van der Waals surface area contributed by atoms with Crippen LogP contribution in [0.15, 0.2) is 24.3 Å². The highest BCUT2D eigenvalue weighted by atomic mass is 16.5. The van der Waals surface area contributed by atoms with Crippen molar-refractivity contribution in [3.63, 3.8) is 0 Å². The SMILES string of the molecule is CCCNC(CCOCCOC)c1ccc(OCC)cc1. The van der Waals surface area contributed by atoms with Crippen LogP contribution in [0.2, 0.25) is 0 Å². The Balaban J connectivity index is 2.50. The van der Waals surface area contributed by atoms with Crippen molar-refractivity contribution in [2.24, 2.45) is 0 Å². The molecule has 0 aliphatic rings. The Hall–Kier alpha value is -1.10. The maximum absolute atomic E-state index is 5.58. The first-order valence-electron chi connectivity index (χ1n) is 7.84. The molecule has 21 heavy (non-hydrogen) atoms. The molecule has 120 valence electrons. The molecule has 1 N–H and O–H groups in total. The lowest BCUT2D eigenvalue weighted by atomic mass is 10.0. The van der Waals surface area contributed by atoms with Crippen LogP contribution in [-0.2, 0) is 9.47 Å². The van der Waals surface area contributed by atoms with E-state index in [1.165, 1.54) is 5.56 Å². The summed E-state index contributed by atoms with van der Waals surface area (Å²) in [6.07, 6.45) is 2.08. The van der Waals surface area contributed by atoms with Crippen LogP contribution < -0.4 is 10.1 Å². The predicted molar refractivity (Wildman–Crippen MR) is 86.0 cm³/mol. The average molecular weight is 295 g/mol. The molecule has 0 aromatic heterocycles. The first-order chi connectivity index (χ1) is 10.3. The van der Waals surface area contributed by atoms with E-state index in [4.69, 9.17) is 14.2 Å². The van der Waals surface area contributed by atoms with Crippen molar-refractivity contribution in [2.45, 2.75) is 32.7 Å². The van der Waals surface area contributed by atoms with E-state index in [2.05, 4.69) is 24.4 Å². The summed E-state index contributed by atoms with van der Waals surface area (Å²) < 4.78 is 16.0. The Morgan fingerprint density at radius 3 is 2.43 bits per heavy atom. The van der Waals surface area contributed by atoms with Gasteiger partial charge in [0.2, 0.25) is 0 Å². The van der Waals surface area contributed by atoms with Gasteiger partial charge in [-0.05, 0) is 44.0 Å². The largest absolute Gasteiger partial charge is 0.494 e. The van der Waals surface area contributed by atoms with Crippen LogP contribution in [0.1, 0.15) is 38.3 Å². The van der Waals surface area contributed by atoms with Crippen molar-refractivity contribution in [1.29, 1.82) is 0 Å². The molecule has 0 spiro atoms. The first-order valence-corrected chi connectivity index (χ1v) is 7.84. The molecule has 0 fully saturated rings. The zero-order valence-electron chi connectivity index (χ0n) is 13.6. The van der Waals surface area contributed by atoms with Crippen molar-refractivity contribution in [3.8, 4) is 5.75 Å². The van der Waals surface area contributed by atoms with Crippen LogP contribution in [0.4, 0.5) is 0 Å². The van der Waals surface area contributed by atoms with Gasteiger partial charge in [0.1, 0.15) is 5.75 Å². The van der Waals surface area contributed by atoms with Gasteiger partial charge in [-0.15, -0.1) is 0 Å². The van der Waals surface area contributed by atoms with Gasteiger partial charge in [-0.25, -0.2) is 0 Å². The predicted octanol–water partition coefficient (Wildman–Crippen LogP) is 3.18. The Bertz CT molecular complexity index is 354. The molecule has 0 aliphatic heterocycles. The van der Waals surface area contributed by atoms with E-state index in [1.807, 2.05) is 19.1 Å². The van der Waals surface area contributed by atoms with Gasteiger partial charge in [-0.3, -0.25) is 0 Å². The number of methoxy groups -OCH3 is 1. The topological polar surface area (TPSA) is 39.7 Å². The smallest absolute Gasteiger partial charge is 0.119 e. The third-order valence-electron chi connectivity index (χ3n) is 3.22. The lowest BCUT2D eigenvalue weighted by molar-refractivity contribution is 0.0657. The van der Waals surface area contributed by atoms with E-state index in [-0.39, 0.29) is 0 Å². The van der Waals surface area contributed by atoms with Gasteiger partial charge >= 0.3 is 0 Å². The van der Waals surface area contributed by atoms with Crippen molar-refractivity contribution in [1.82, 2.24) is 5.32 Å². The van der Waals surface area contributed by atoms with Gasteiger partial charge in [0, 0.05) is 19.8 Å². The summed E-state index contributed by atoms with van der Waals surface area (Å²) in [7, 11) is 1.69. The minimum absolute atomic E-state index is 0.322. The van der Waals surface area contributed by atoms with Gasteiger partial charge in [0.15, 0.2) is 0 Å². The third-order valence-corrected chi connectivity index (χ3v) is 3.22. The highest BCUT2D eigenvalue weighted by Crippen LogP contribution is 2.20. The number of nitrogens with one attached hydrogen (secondary N) is 1. The number of hydrogen-bond donors (Lipinski definition) is 1. The fourth-order valence-electron chi connectivity index (χ4n) is 2.11. The van der Waals surface area contributed by atoms with E-state index in [1.54, 1.807) is 7.11 Å². The van der Waals surface area contributed by atoms with Crippen LogP contribution in [0, 0.1) is 0 Å². The van der Waals surface area contributed by atoms with Crippen molar-refractivity contribution < 1.29 is 14.2 Å². The molecule has 1 rings (SSSR count). The zero-order chi connectivity index (χ0) is 15.3. The minimum Gasteiger partial charge on any atom is -0.494 e. The summed E-state index contributed by atoms with van der Waals surface area (Å²) in [5.74, 6) is 0.923. The molecule has 4 nitrogen and oxygen atoms in total. The molecule has 1 unspecified atom stereocenters. The van der Waals surface area contributed by atoms with Crippen LogP contribution in [-0.4, -0.2) is 40.1 Å². The molecule has 4 heteroatoms. The van der Waals surface area contributed by atoms with Crippen molar-refractivity contribution >= 4 is 0 Å². The monoisotopic (exact) mass is 295 g/mol. The van der Waals surface area contributed by atoms with E-state index in [0.29, 0.717) is 25.9 Å². The number of benzene rings is 1. The molecule has 0 radical (unpaired) electrons. The molecule has 0 bridgehead atoms. The third kappa shape index (κ3) is 7.46. The summed E-state index contributed by atoms with van der Waals surface area (Å²) in [5, 5.41) is 3.58. The van der Waals surface area contributed by atoms with Crippen LogP contribution >= 0.6 is 0 Å². The molecule has 1 aromatic carbocycles. The minimum atomic E-state index is 0.322. The van der Waals surface area contributed by atoms with Crippen LogP contribution in [0.25, 0.3) is 0 Å². The first kappa shape index (κ1) is 18.0. The Kier molecular flexibility index (Phi) is 9.87. The van der Waals surface area contributed by atoms with Gasteiger partial charge < -0.3 is 19.5 Å². The molecular formula is C17H29NO3. The zero-order valence-corrected chi connectivity index (χ0v) is 13.6. The number of ether oxygens (including phenoxy) is 3. The summed E-state index contributed by atoms with van der Waals surface area (Å²) in [6.45, 7) is 7.92. The highest BCUT2D eigenvalue weighted by molar-refractivity contribution is 5.29. The van der Waals surface area contributed by atoms with Crippen molar-refractivity contribution in [3.05, 3.63) is 29.8 Å². The molecule has 1 atom stereocenters. The Labute approximate surface area is 128 Å². The van der Waals surface area contributed by atoms with E-state index in [9.17, 15) is 0 Å². The van der Waals surface area contributed by atoms with Gasteiger partial charge in [0.05, 0.1) is 19.8 Å². The number of hydrogen-bond acceptors (Lipinski definition) is 4. The maximum Gasteiger partial charge on any atom is 0.119 e. The van der Waals surface area contributed by atoms with Crippen molar-refractivity contribution in [2.75, 3.05) is 40.1 Å². The highest BCUT2D eigenvalue weighted by Gasteiger charge is 2.10. The second kappa shape index (κ2) is 11.5. The van der Waals surface area contributed by atoms with E-state index < -0.39 is 0 Å². The summed E-state index contributed by atoms with van der Waals surface area (Å²) in [5.41, 5.74) is 1.28. The second-order valence-electron chi connectivity index (χ2n) is 4.90. The number of rotatable bonds is 12. The molecule has 0 amide bonds. The molecule has 1 aromatic rings. The summed E-state index contributed by atoms with van der Waals surface area (Å²) in [6, 6.07) is 8.65. The van der Waals surface area contributed by atoms with E-state index >= 15 is 0 Å². The fourth-order valence-corrected chi connectivity index (χ4v) is 2.11. The van der Waals surface area contributed by atoms with Gasteiger partial charge in [-0.2, -0.15) is 0 Å². The summed E-state index contributed by atoms with van der Waals surface area (Å²) >= 11 is 0.